The Kier molecular flexibility index (Phi) is 3.48. The third kappa shape index (κ3) is 2.68. The summed E-state index contributed by atoms with van der Waals surface area (Å²) in [4.78, 5) is 4.46. The third-order valence-corrected chi connectivity index (χ3v) is 3.71. The van der Waals surface area contributed by atoms with Crippen molar-refractivity contribution in [3.63, 3.8) is 0 Å². The molecule has 0 radical (unpaired) electrons. The minimum atomic E-state index is 0.100. The van der Waals surface area contributed by atoms with Gasteiger partial charge < -0.3 is 10.4 Å². The van der Waals surface area contributed by atoms with E-state index in [1.165, 1.54) is 5.56 Å². The van der Waals surface area contributed by atoms with E-state index in [9.17, 15) is 5.11 Å². The van der Waals surface area contributed by atoms with E-state index in [1.54, 1.807) is 12.1 Å². The molecule has 21 heavy (non-hydrogen) atoms. The lowest BCUT2D eigenvalue weighted by Gasteiger charge is -2.18. The van der Waals surface area contributed by atoms with Gasteiger partial charge in [-0.15, -0.1) is 0 Å². The second-order valence-corrected chi connectivity index (χ2v) is 5.29. The molecule has 0 fully saturated rings. The first-order valence-corrected chi connectivity index (χ1v) is 7.05. The van der Waals surface area contributed by atoms with Crippen LogP contribution >= 0.6 is 0 Å². The first kappa shape index (κ1) is 13.4. The highest BCUT2D eigenvalue weighted by molar-refractivity contribution is 5.93. The SMILES string of the molecule is Cc1ccc(NC(C)c2cccc(O)c2)c2cccnc12. The third-order valence-electron chi connectivity index (χ3n) is 3.71. The van der Waals surface area contributed by atoms with Crippen molar-refractivity contribution in [1.82, 2.24) is 4.98 Å². The number of pyridine rings is 1. The van der Waals surface area contributed by atoms with E-state index in [1.807, 2.05) is 24.4 Å². The van der Waals surface area contributed by atoms with Gasteiger partial charge in [0.25, 0.3) is 0 Å². The molecule has 1 aromatic heterocycles. The number of hydrogen-bond donors (Lipinski definition) is 2. The molecule has 0 bridgehead atoms. The van der Waals surface area contributed by atoms with Gasteiger partial charge in [-0.25, -0.2) is 0 Å². The van der Waals surface area contributed by atoms with Crippen LogP contribution in [0.25, 0.3) is 10.9 Å². The van der Waals surface area contributed by atoms with Crippen LogP contribution in [0.1, 0.15) is 24.1 Å². The normalized spacial score (nSPS) is 12.3. The molecule has 0 aliphatic heterocycles. The smallest absolute Gasteiger partial charge is 0.115 e. The Balaban J connectivity index is 1.97. The summed E-state index contributed by atoms with van der Waals surface area (Å²) < 4.78 is 0. The number of phenols is 1. The molecule has 1 unspecified atom stereocenters. The van der Waals surface area contributed by atoms with Gasteiger partial charge in [-0.05, 0) is 55.3 Å². The molecule has 0 spiro atoms. The van der Waals surface area contributed by atoms with Gasteiger partial charge in [0, 0.05) is 23.3 Å². The summed E-state index contributed by atoms with van der Waals surface area (Å²) in [6.45, 7) is 4.15. The lowest BCUT2D eigenvalue weighted by atomic mass is 10.1. The summed E-state index contributed by atoms with van der Waals surface area (Å²) in [5.41, 5.74) is 4.29. The van der Waals surface area contributed by atoms with Crippen LogP contribution in [0.5, 0.6) is 5.75 Å². The summed E-state index contributed by atoms with van der Waals surface area (Å²) in [6, 6.07) is 15.6. The van der Waals surface area contributed by atoms with Crippen molar-refractivity contribution in [3.8, 4) is 5.75 Å². The number of aromatic nitrogens is 1. The maximum atomic E-state index is 9.60. The van der Waals surface area contributed by atoms with E-state index >= 15 is 0 Å². The summed E-state index contributed by atoms with van der Waals surface area (Å²) in [5.74, 6) is 0.289. The molecule has 0 amide bonds. The van der Waals surface area contributed by atoms with Crippen LogP contribution in [0.2, 0.25) is 0 Å². The number of anilines is 1. The number of aryl methyl sites for hydroxylation is 1. The van der Waals surface area contributed by atoms with Gasteiger partial charge in [-0.3, -0.25) is 4.98 Å². The number of nitrogens with one attached hydrogen (secondary N) is 1. The van der Waals surface area contributed by atoms with Crippen LogP contribution in [0.4, 0.5) is 5.69 Å². The minimum Gasteiger partial charge on any atom is -0.508 e. The summed E-state index contributed by atoms with van der Waals surface area (Å²) >= 11 is 0. The van der Waals surface area contributed by atoms with Gasteiger partial charge in [0.05, 0.1) is 5.52 Å². The number of aromatic hydroxyl groups is 1. The molecule has 3 heteroatoms. The Morgan fingerprint density at radius 2 is 1.95 bits per heavy atom. The van der Waals surface area contributed by atoms with Crippen LogP contribution in [0, 0.1) is 6.92 Å². The first-order valence-electron chi connectivity index (χ1n) is 7.05. The fourth-order valence-electron chi connectivity index (χ4n) is 2.55. The van der Waals surface area contributed by atoms with Gasteiger partial charge in [-0.1, -0.05) is 18.2 Å². The zero-order valence-corrected chi connectivity index (χ0v) is 12.2. The van der Waals surface area contributed by atoms with Gasteiger partial charge in [0.2, 0.25) is 0 Å². The summed E-state index contributed by atoms with van der Waals surface area (Å²) in [5, 5.41) is 14.2. The van der Waals surface area contributed by atoms with Gasteiger partial charge in [0.15, 0.2) is 0 Å². The van der Waals surface area contributed by atoms with Crippen LogP contribution in [0.3, 0.4) is 0 Å². The molecule has 3 aromatic rings. The molecule has 106 valence electrons. The highest BCUT2D eigenvalue weighted by atomic mass is 16.3. The fourth-order valence-corrected chi connectivity index (χ4v) is 2.55. The van der Waals surface area contributed by atoms with E-state index in [2.05, 4.69) is 42.3 Å². The monoisotopic (exact) mass is 278 g/mol. The average molecular weight is 278 g/mol. The number of nitrogens with zero attached hydrogens (tertiary/aromatic N) is 1. The molecule has 0 aliphatic carbocycles. The number of benzene rings is 2. The maximum absolute atomic E-state index is 9.60. The average Bonchev–Trinajstić information content (AvgIpc) is 2.50. The van der Waals surface area contributed by atoms with E-state index in [0.29, 0.717) is 0 Å². The quantitative estimate of drug-likeness (QED) is 0.745. The van der Waals surface area contributed by atoms with Gasteiger partial charge >= 0.3 is 0 Å². The van der Waals surface area contributed by atoms with Crippen LogP contribution in [0.15, 0.2) is 54.7 Å². The lowest BCUT2D eigenvalue weighted by molar-refractivity contribution is 0.474. The van der Waals surface area contributed by atoms with Crippen molar-refractivity contribution >= 4 is 16.6 Å². The summed E-state index contributed by atoms with van der Waals surface area (Å²) in [6.07, 6.45) is 1.82. The molecule has 2 aromatic carbocycles. The van der Waals surface area contributed by atoms with E-state index < -0.39 is 0 Å². The van der Waals surface area contributed by atoms with E-state index in [0.717, 1.165) is 22.2 Å². The second kappa shape index (κ2) is 5.44. The maximum Gasteiger partial charge on any atom is 0.115 e. The topological polar surface area (TPSA) is 45.1 Å². The zero-order chi connectivity index (χ0) is 14.8. The zero-order valence-electron chi connectivity index (χ0n) is 12.2. The van der Waals surface area contributed by atoms with Crippen molar-refractivity contribution in [3.05, 3.63) is 65.9 Å². The van der Waals surface area contributed by atoms with E-state index in [4.69, 9.17) is 0 Å². The standard InChI is InChI=1S/C18H18N2O/c1-12-8-9-17(16-7-4-10-19-18(12)16)20-13(2)14-5-3-6-15(21)11-14/h3-11,13,20-21H,1-2H3. The molecule has 0 saturated carbocycles. The van der Waals surface area contributed by atoms with Crippen molar-refractivity contribution in [2.45, 2.75) is 19.9 Å². The molecule has 3 nitrogen and oxygen atoms in total. The lowest BCUT2D eigenvalue weighted by Crippen LogP contribution is -2.07. The summed E-state index contributed by atoms with van der Waals surface area (Å²) in [7, 11) is 0. The molecule has 3 rings (SSSR count). The number of fused-ring (bicyclic) bond motifs is 1. The van der Waals surface area contributed by atoms with Gasteiger partial charge in [-0.2, -0.15) is 0 Å². The first-order chi connectivity index (χ1) is 10.1. The van der Waals surface area contributed by atoms with Crippen molar-refractivity contribution in [1.29, 1.82) is 0 Å². The number of rotatable bonds is 3. The number of hydrogen-bond acceptors (Lipinski definition) is 3. The van der Waals surface area contributed by atoms with Crippen molar-refractivity contribution < 1.29 is 5.11 Å². The van der Waals surface area contributed by atoms with Crippen LogP contribution < -0.4 is 5.32 Å². The van der Waals surface area contributed by atoms with Crippen LogP contribution in [-0.2, 0) is 0 Å². The van der Waals surface area contributed by atoms with Crippen molar-refractivity contribution in [2.75, 3.05) is 5.32 Å². The molecule has 0 saturated heterocycles. The Hall–Kier alpha value is -2.55. The van der Waals surface area contributed by atoms with Gasteiger partial charge in [0.1, 0.15) is 5.75 Å². The largest absolute Gasteiger partial charge is 0.508 e. The highest BCUT2D eigenvalue weighted by Gasteiger charge is 2.09. The predicted molar refractivity (Wildman–Crippen MR) is 86.6 cm³/mol. The Morgan fingerprint density at radius 1 is 1.10 bits per heavy atom. The van der Waals surface area contributed by atoms with Crippen molar-refractivity contribution in [2.24, 2.45) is 0 Å². The highest BCUT2D eigenvalue weighted by Crippen LogP contribution is 2.28. The molecule has 0 aliphatic rings. The molecule has 1 atom stereocenters. The Morgan fingerprint density at radius 3 is 2.76 bits per heavy atom. The molecule has 1 heterocycles. The fraction of sp³-hybridized carbons (Fsp3) is 0.167. The second-order valence-electron chi connectivity index (χ2n) is 5.29. The van der Waals surface area contributed by atoms with Crippen LogP contribution in [-0.4, -0.2) is 10.1 Å². The predicted octanol–water partition coefficient (Wildman–Crippen LogP) is 4.42. The molecule has 2 N–H and O–H groups in total. The van der Waals surface area contributed by atoms with E-state index in [-0.39, 0.29) is 11.8 Å². The minimum absolute atomic E-state index is 0.100. The Labute approximate surface area is 124 Å². The number of phenolic OH excluding ortho intramolecular Hbond substituents is 1. The molecular weight excluding hydrogens is 260 g/mol. The molecular formula is C18H18N2O. The Bertz CT molecular complexity index is 783.